The van der Waals surface area contributed by atoms with Crippen molar-refractivity contribution in [3.8, 4) is 11.5 Å². The predicted molar refractivity (Wildman–Crippen MR) is 83.9 cm³/mol. The Morgan fingerprint density at radius 3 is 2.52 bits per heavy atom. The second kappa shape index (κ2) is 5.77. The van der Waals surface area contributed by atoms with Crippen LogP contribution in [0.15, 0.2) is 18.2 Å². The van der Waals surface area contributed by atoms with Crippen molar-refractivity contribution in [3.05, 3.63) is 23.9 Å². The van der Waals surface area contributed by atoms with Gasteiger partial charge in [-0.25, -0.2) is 4.98 Å². The van der Waals surface area contributed by atoms with Crippen molar-refractivity contribution in [2.75, 3.05) is 19.6 Å². The van der Waals surface area contributed by atoms with Crippen LogP contribution in [0.25, 0.3) is 10.9 Å². The van der Waals surface area contributed by atoms with Gasteiger partial charge in [0.25, 0.3) is 0 Å². The maximum atomic E-state index is 5.71. The lowest BCUT2D eigenvalue weighted by Gasteiger charge is -2.16. The largest absolute Gasteiger partial charge is 0.497 e. The number of hydrogen-bond donors (Lipinski definition) is 2. The van der Waals surface area contributed by atoms with E-state index in [9.17, 15) is 0 Å². The lowest BCUT2D eigenvalue weighted by Crippen LogP contribution is -2.09. The van der Waals surface area contributed by atoms with Gasteiger partial charge in [0, 0.05) is 23.1 Å². The number of nitrogen functional groups attached to an aromatic ring is 1. The summed E-state index contributed by atoms with van der Waals surface area (Å²) in [6.45, 7) is 0. The van der Waals surface area contributed by atoms with E-state index in [4.69, 9.17) is 20.3 Å². The van der Waals surface area contributed by atoms with E-state index in [-0.39, 0.29) is 0 Å². The van der Waals surface area contributed by atoms with Crippen LogP contribution in [0, 0.1) is 0 Å². The number of hydrogen-bond acceptors (Lipinski definition) is 5. The number of rotatable bonds is 4. The maximum Gasteiger partial charge on any atom is 0.148 e. The third-order valence-corrected chi connectivity index (χ3v) is 4.26. The monoisotopic (exact) mass is 287 g/mol. The molecule has 112 valence electrons. The van der Waals surface area contributed by atoms with Gasteiger partial charge in [-0.3, -0.25) is 5.84 Å². The minimum atomic E-state index is 0.522. The molecule has 3 rings (SSSR count). The first-order valence-corrected chi connectivity index (χ1v) is 7.30. The molecule has 3 N–H and O–H groups in total. The van der Waals surface area contributed by atoms with Gasteiger partial charge in [0.05, 0.1) is 19.9 Å². The molecule has 21 heavy (non-hydrogen) atoms. The maximum absolute atomic E-state index is 5.71. The smallest absolute Gasteiger partial charge is 0.148 e. The molecule has 0 spiro atoms. The number of nitrogens with one attached hydrogen (secondary N) is 1. The zero-order valence-electron chi connectivity index (χ0n) is 12.5. The molecule has 0 aliphatic heterocycles. The molecule has 2 aromatic rings. The molecule has 1 aliphatic rings. The quantitative estimate of drug-likeness (QED) is 0.667. The topological polar surface area (TPSA) is 69.4 Å². The highest BCUT2D eigenvalue weighted by molar-refractivity contribution is 5.96. The van der Waals surface area contributed by atoms with E-state index in [2.05, 4.69) is 11.5 Å². The van der Waals surface area contributed by atoms with Crippen molar-refractivity contribution >= 4 is 16.6 Å². The normalized spacial score (nSPS) is 15.4. The summed E-state index contributed by atoms with van der Waals surface area (Å²) in [7, 11) is 3.28. The van der Waals surface area contributed by atoms with Gasteiger partial charge in [-0.1, -0.05) is 12.8 Å². The Balaban J connectivity index is 2.21. The Labute approximate surface area is 124 Å². The Bertz CT molecular complexity index is 652. The molecule has 0 radical (unpaired) electrons. The van der Waals surface area contributed by atoms with E-state index in [1.165, 1.54) is 25.7 Å². The molecule has 0 amide bonds. The van der Waals surface area contributed by atoms with E-state index in [0.717, 1.165) is 28.0 Å². The molecule has 1 aromatic heterocycles. The Morgan fingerprint density at radius 2 is 1.90 bits per heavy atom. The van der Waals surface area contributed by atoms with Gasteiger partial charge >= 0.3 is 0 Å². The molecular formula is C16H21N3O2. The molecule has 0 atom stereocenters. The van der Waals surface area contributed by atoms with Crippen LogP contribution < -0.4 is 20.7 Å². The minimum Gasteiger partial charge on any atom is -0.497 e. The van der Waals surface area contributed by atoms with E-state index in [1.807, 2.05) is 12.1 Å². The first kappa shape index (κ1) is 13.9. The summed E-state index contributed by atoms with van der Waals surface area (Å²) in [4.78, 5) is 4.84. The lowest BCUT2D eigenvalue weighted by atomic mass is 10.0. The summed E-state index contributed by atoms with van der Waals surface area (Å²) < 4.78 is 10.8. The second-order valence-corrected chi connectivity index (χ2v) is 5.45. The highest BCUT2D eigenvalue weighted by Gasteiger charge is 2.21. The van der Waals surface area contributed by atoms with Crippen LogP contribution in [-0.2, 0) is 0 Å². The number of pyridine rings is 1. The molecule has 0 saturated heterocycles. The number of methoxy groups -OCH3 is 2. The third-order valence-electron chi connectivity index (χ3n) is 4.26. The summed E-state index contributed by atoms with van der Waals surface area (Å²) in [6, 6.07) is 5.84. The summed E-state index contributed by atoms with van der Waals surface area (Å²) in [5.41, 5.74) is 5.57. The molecule has 0 unspecified atom stereocenters. The van der Waals surface area contributed by atoms with Crippen molar-refractivity contribution in [1.29, 1.82) is 0 Å². The average molecular weight is 287 g/mol. The van der Waals surface area contributed by atoms with Crippen LogP contribution in [0.4, 0.5) is 5.69 Å². The van der Waals surface area contributed by atoms with Crippen LogP contribution in [0.2, 0.25) is 0 Å². The predicted octanol–water partition coefficient (Wildman–Crippen LogP) is 3.20. The van der Waals surface area contributed by atoms with Gasteiger partial charge < -0.3 is 14.9 Å². The zero-order valence-corrected chi connectivity index (χ0v) is 12.5. The summed E-state index contributed by atoms with van der Waals surface area (Å²) in [5, 5.41) is 0.912. The van der Waals surface area contributed by atoms with Crippen molar-refractivity contribution in [2.24, 2.45) is 5.84 Å². The van der Waals surface area contributed by atoms with Crippen LogP contribution >= 0.6 is 0 Å². The molecule has 1 aliphatic carbocycles. The first-order chi connectivity index (χ1) is 10.3. The second-order valence-electron chi connectivity index (χ2n) is 5.45. The lowest BCUT2D eigenvalue weighted by molar-refractivity contribution is 0.397. The molecule has 1 heterocycles. The molecule has 1 saturated carbocycles. The number of benzene rings is 1. The van der Waals surface area contributed by atoms with E-state index in [1.54, 1.807) is 14.2 Å². The number of hydrazine groups is 1. The number of aromatic nitrogens is 1. The van der Waals surface area contributed by atoms with Gasteiger partial charge in [-0.2, -0.15) is 0 Å². The Morgan fingerprint density at radius 1 is 1.14 bits per heavy atom. The Hall–Kier alpha value is -2.01. The Kier molecular flexibility index (Phi) is 3.84. The highest BCUT2D eigenvalue weighted by Crippen LogP contribution is 2.39. The van der Waals surface area contributed by atoms with Crippen LogP contribution in [0.1, 0.15) is 37.3 Å². The van der Waals surface area contributed by atoms with Crippen molar-refractivity contribution in [2.45, 2.75) is 31.6 Å². The van der Waals surface area contributed by atoms with Gasteiger partial charge in [0.2, 0.25) is 0 Å². The van der Waals surface area contributed by atoms with Gasteiger partial charge in [-0.15, -0.1) is 0 Å². The van der Waals surface area contributed by atoms with Crippen molar-refractivity contribution in [1.82, 2.24) is 4.98 Å². The fourth-order valence-electron chi connectivity index (χ4n) is 3.11. The first-order valence-electron chi connectivity index (χ1n) is 7.30. The number of ether oxygens (including phenoxy) is 2. The average Bonchev–Trinajstić information content (AvgIpc) is 3.07. The van der Waals surface area contributed by atoms with E-state index >= 15 is 0 Å². The number of anilines is 1. The number of nitrogens with two attached hydrogens (primary N) is 1. The third kappa shape index (κ3) is 2.49. The van der Waals surface area contributed by atoms with Crippen molar-refractivity contribution in [3.63, 3.8) is 0 Å². The molecule has 1 fully saturated rings. The molecule has 5 heteroatoms. The molecule has 0 bridgehead atoms. The highest BCUT2D eigenvalue weighted by atomic mass is 16.5. The van der Waals surface area contributed by atoms with Crippen molar-refractivity contribution < 1.29 is 9.47 Å². The van der Waals surface area contributed by atoms with Crippen LogP contribution in [-0.4, -0.2) is 19.2 Å². The van der Waals surface area contributed by atoms with Crippen LogP contribution in [0.3, 0.4) is 0 Å². The standard InChI is InChI=1S/C16H21N3O2/c1-20-11-7-12-14(19-17)9-13(10-5-3-4-6-10)18-16(12)15(8-11)21-2/h7-10H,3-6,17H2,1-2H3,(H,18,19). The summed E-state index contributed by atoms with van der Waals surface area (Å²) >= 11 is 0. The molecule has 5 nitrogen and oxygen atoms in total. The minimum absolute atomic E-state index is 0.522. The molecular weight excluding hydrogens is 266 g/mol. The molecule has 1 aromatic carbocycles. The van der Waals surface area contributed by atoms with E-state index < -0.39 is 0 Å². The number of nitrogens with zero attached hydrogens (tertiary/aromatic N) is 1. The summed E-state index contributed by atoms with van der Waals surface area (Å²) in [6.07, 6.45) is 4.94. The SMILES string of the molecule is COc1cc(OC)c2nc(C3CCCC3)cc(NN)c2c1. The van der Waals surface area contributed by atoms with Crippen LogP contribution in [0.5, 0.6) is 11.5 Å². The fraction of sp³-hybridized carbons (Fsp3) is 0.438. The fourth-order valence-corrected chi connectivity index (χ4v) is 3.11. The van der Waals surface area contributed by atoms with Gasteiger partial charge in [0.15, 0.2) is 0 Å². The van der Waals surface area contributed by atoms with Gasteiger partial charge in [0.1, 0.15) is 17.0 Å². The van der Waals surface area contributed by atoms with Gasteiger partial charge in [-0.05, 0) is 25.0 Å². The summed E-state index contributed by atoms with van der Waals surface area (Å²) in [5.74, 6) is 7.67. The van der Waals surface area contributed by atoms with E-state index in [0.29, 0.717) is 11.7 Å². The zero-order chi connectivity index (χ0) is 14.8. The number of fused-ring (bicyclic) bond motifs is 1.